The molecule has 0 saturated carbocycles. The average molecular weight is 337 g/mol. The van der Waals surface area contributed by atoms with Crippen LogP contribution in [0.15, 0.2) is 36.5 Å². The van der Waals surface area contributed by atoms with Gasteiger partial charge in [0.2, 0.25) is 5.60 Å². The summed E-state index contributed by atoms with van der Waals surface area (Å²) in [6.07, 6.45) is -3.45. The molecule has 0 amide bonds. The van der Waals surface area contributed by atoms with E-state index in [4.69, 9.17) is 0 Å². The van der Waals surface area contributed by atoms with Crippen LogP contribution in [0.3, 0.4) is 0 Å². The third-order valence-corrected chi connectivity index (χ3v) is 3.65. The number of H-pyrrole nitrogens is 1. The summed E-state index contributed by atoms with van der Waals surface area (Å²) >= 11 is 0. The Morgan fingerprint density at radius 2 is 1.88 bits per heavy atom. The van der Waals surface area contributed by atoms with Crippen molar-refractivity contribution in [3.05, 3.63) is 47.9 Å². The van der Waals surface area contributed by atoms with Crippen LogP contribution in [-0.4, -0.2) is 38.0 Å². The summed E-state index contributed by atoms with van der Waals surface area (Å²) < 4.78 is 40.5. The Morgan fingerprint density at radius 3 is 2.54 bits per heavy atom. The summed E-state index contributed by atoms with van der Waals surface area (Å²) in [6, 6.07) is 6.92. The van der Waals surface area contributed by atoms with Crippen LogP contribution in [0.1, 0.15) is 11.4 Å². The molecule has 0 radical (unpaired) electrons. The summed E-state index contributed by atoms with van der Waals surface area (Å²) in [4.78, 5) is 8.19. The van der Waals surface area contributed by atoms with Crippen molar-refractivity contribution in [2.75, 3.05) is 11.9 Å². The molecular formula is C15H14F3N5O. The van der Waals surface area contributed by atoms with Gasteiger partial charge in [-0.2, -0.15) is 18.3 Å². The highest BCUT2D eigenvalue weighted by atomic mass is 19.4. The van der Waals surface area contributed by atoms with Crippen LogP contribution in [0.2, 0.25) is 0 Å². The highest BCUT2D eigenvalue weighted by Gasteiger charge is 2.54. The van der Waals surface area contributed by atoms with Gasteiger partial charge in [0, 0.05) is 0 Å². The second kappa shape index (κ2) is 5.75. The highest BCUT2D eigenvalue weighted by Crippen LogP contribution is 2.39. The number of nitrogens with zero attached hydrogens (tertiary/aromatic N) is 3. The summed E-state index contributed by atoms with van der Waals surface area (Å²) in [6.45, 7) is 0.815. The topological polar surface area (TPSA) is 86.7 Å². The van der Waals surface area contributed by atoms with Crippen molar-refractivity contribution in [1.82, 2.24) is 20.2 Å². The number of rotatable bonds is 4. The molecule has 2 heterocycles. The number of hydrogen-bond donors (Lipinski definition) is 3. The Morgan fingerprint density at radius 1 is 1.17 bits per heavy atom. The zero-order valence-electron chi connectivity index (χ0n) is 12.6. The third-order valence-electron chi connectivity index (χ3n) is 3.65. The van der Waals surface area contributed by atoms with Crippen molar-refractivity contribution in [1.29, 1.82) is 0 Å². The number of fused-ring (bicyclic) bond motifs is 1. The SMILES string of the molecule is Cc1nc(NCC(O)(c2ccccc2)C(F)(F)F)c2cn[nH]c2n1. The van der Waals surface area contributed by atoms with Gasteiger partial charge in [-0.25, -0.2) is 9.97 Å². The predicted octanol–water partition coefficient (Wildman–Crippen LogP) is 2.52. The molecule has 1 atom stereocenters. The van der Waals surface area contributed by atoms with Crippen LogP contribution in [0.4, 0.5) is 19.0 Å². The zero-order valence-corrected chi connectivity index (χ0v) is 12.6. The lowest BCUT2D eigenvalue weighted by atomic mass is 9.93. The highest BCUT2D eigenvalue weighted by molar-refractivity contribution is 5.85. The molecule has 126 valence electrons. The van der Waals surface area contributed by atoms with Crippen LogP contribution in [-0.2, 0) is 5.60 Å². The van der Waals surface area contributed by atoms with Crippen LogP contribution in [0, 0.1) is 6.92 Å². The van der Waals surface area contributed by atoms with Gasteiger partial charge in [-0.3, -0.25) is 5.10 Å². The van der Waals surface area contributed by atoms with Crippen LogP contribution in [0.5, 0.6) is 0 Å². The Kier molecular flexibility index (Phi) is 3.88. The van der Waals surface area contributed by atoms with Gasteiger partial charge in [0.15, 0.2) is 5.65 Å². The lowest BCUT2D eigenvalue weighted by molar-refractivity contribution is -0.260. The first-order valence-electron chi connectivity index (χ1n) is 7.07. The Bertz CT molecular complexity index is 849. The van der Waals surface area contributed by atoms with Gasteiger partial charge < -0.3 is 10.4 Å². The van der Waals surface area contributed by atoms with E-state index in [1.807, 2.05) is 0 Å². The van der Waals surface area contributed by atoms with Crippen molar-refractivity contribution in [2.24, 2.45) is 0 Å². The zero-order chi connectivity index (χ0) is 17.4. The molecule has 1 aromatic carbocycles. The number of anilines is 1. The smallest absolute Gasteiger partial charge is 0.375 e. The number of aliphatic hydroxyl groups is 1. The lowest BCUT2D eigenvalue weighted by Gasteiger charge is -2.31. The molecule has 0 spiro atoms. The van der Waals surface area contributed by atoms with E-state index < -0.39 is 18.3 Å². The molecule has 0 fully saturated rings. The largest absolute Gasteiger partial charge is 0.423 e. The van der Waals surface area contributed by atoms with Crippen molar-refractivity contribution in [3.63, 3.8) is 0 Å². The van der Waals surface area contributed by atoms with Gasteiger partial charge in [-0.05, 0) is 12.5 Å². The lowest BCUT2D eigenvalue weighted by Crippen LogP contribution is -2.47. The number of halogens is 3. The number of nitrogens with one attached hydrogen (secondary N) is 2. The van der Waals surface area contributed by atoms with E-state index >= 15 is 0 Å². The van der Waals surface area contributed by atoms with Crippen molar-refractivity contribution < 1.29 is 18.3 Å². The quantitative estimate of drug-likeness (QED) is 0.681. The molecule has 0 aliphatic rings. The van der Waals surface area contributed by atoms with E-state index in [-0.39, 0.29) is 11.4 Å². The summed E-state index contributed by atoms with van der Waals surface area (Å²) in [5.41, 5.74) is -2.90. The first-order valence-corrected chi connectivity index (χ1v) is 7.07. The summed E-state index contributed by atoms with van der Waals surface area (Å²) in [7, 11) is 0. The Labute approximate surface area is 134 Å². The van der Waals surface area contributed by atoms with Crippen LogP contribution in [0.25, 0.3) is 11.0 Å². The Balaban J connectivity index is 1.96. The van der Waals surface area contributed by atoms with E-state index in [0.29, 0.717) is 16.9 Å². The fourth-order valence-corrected chi connectivity index (χ4v) is 2.37. The molecule has 3 N–H and O–H groups in total. The molecule has 0 aliphatic carbocycles. The molecule has 9 heteroatoms. The van der Waals surface area contributed by atoms with E-state index in [2.05, 4.69) is 25.5 Å². The van der Waals surface area contributed by atoms with E-state index in [1.54, 1.807) is 13.0 Å². The number of aryl methyl sites for hydroxylation is 1. The average Bonchev–Trinajstić information content (AvgIpc) is 3.00. The second-order valence-corrected chi connectivity index (χ2v) is 5.33. The first-order chi connectivity index (χ1) is 11.3. The van der Waals surface area contributed by atoms with E-state index in [9.17, 15) is 18.3 Å². The van der Waals surface area contributed by atoms with Crippen LogP contribution >= 0.6 is 0 Å². The number of alkyl halides is 3. The first kappa shape index (κ1) is 16.2. The molecular weight excluding hydrogens is 323 g/mol. The molecule has 24 heavy (non-hydrogen) atoms. The summed E-state index contributed by atoms with van der Waals surface area (Å²) in [5.74, 6) is 0.536. The van der Waals surface area contributed by atoms with E-state index in [1.165, 1.54) is 30.5 Å². The molecule has 3 aromatic rings. The summed E-state index contributed by atoms with van der Waals surface area (Å²) in [5, 5.41) is 19.8. The number of hydrogen-bond acceptors (Lipinski definition) is 5. The number of aromatic nitrogens is 4. The third kappa shape index (κ3) is 2.78. The Hall–Kier alpha value is -2.68. The molecule has 3 rings (SSSR count). The monoisotopic (exact) mass is 337 g/mol. The minimum absolute atomic E-state index is 0.171. The van der Waals surface area contributed by atoms with Gasteiger partial charge in [-0.15, -0.1) is 0 Å². The maximum absolute atomic E-state index is 13.5. The van der Waals surface area contributed by atoms with E-state index in [0.717, 1.165) is 0 Å². The molecule has 0 aliphatic heterocycles. The van der Waals surface area contributed by atoms with Crippen molar-refractivity contribution in [2.45, 2.75) is 18.7 Å². The molecule has 0 saturated heterocycles. The predicted molar refractivity (Wildman–Crippen MR) is 81.3 cm³/mol. The molecule has 1 unspecified atom stereocenters. The fraction of sp³-hybridized carbons (Fsp3) is 0.267. The van der Waals surface area contributed by atoms with Gasteiger partial charge >= 0.3 is 6.18 Å². The normalized spacial score (nSPS) is 14.5. The van der Waals surface area contributed by atoms with Gasteiger partial charge in [0.1, 0.15) is 11.6 Å². The van der Waals surface area contributed by atoms with Gasteiger partial charge in [0.05, 0.1) is 18.1 Å². The molecule has 2 aromatic heterocycles. The van der Waals surface area contributed by atoms with Crippen molar-refractivity contribution >= 4 is 16.9 Å². The van der Waals surface area contributed by atoms with Crippen molar-refractivity contribution in [3.8, 4) is 0 Å². The second-order valence-electron chi connectivity index (χ2n) is 5.33. The standard InChI is InChI=1S/C15H14F3N5O/c1-9-21-12(11-7-20-23-13(11)22-9)19-8-14(24,15(16,17)18)10-5-3-2-4-6-10/h2-7,24H,8H2,1H3,(H2,19,20,21,22,23). The minimum Gasteiger partial charge on any atom is -0.375 e. The maximum Gasteiger partial charge on any atom is 0.423 e. The molecule has 0 bridgehead atoms. The van der Waals surface area contributed by atoms with Crippen LogP contribution < -0.4 is 5.32 Å². The van der Waals surface area contributed by atoms with Gasteiger partial charge in [-0.1, -0.05) is 30.3 Å². The number of aromatic amines is 1. The molecule has 6 nitrogen and oxygen atoms in total. The number of benzene rings is 1. The van der Waals surface area contributed by atoms with Gasteiger partial charge in [0.25, 0.3) is 0 Å². The maximum atomic E-state index is 13.5. The minimum atomic E-state index is -4.86. The fourth-order valence-electron chi connectivity index (χ4n) is 2.37.